The van der Waals surface area contributed by atoms with E-state index in [4.69, 9.17) is 4.42 Å². The highest BCUT2D eigenvalue weighted by Gasteiger charge is 2.41. The number of aromatic nitrogens is 3. The molecule has 2 aliphatic heterocycles. The van der Waals surface area contributed by atoms with Gasteiger partial charge in [0.15, 0.2) is 10.2 Å². The largest absolute Gasteiger partial charge is 0.453 e. The zero-order valence-corrected chi connectivity index (χ0v) is 15.6. The van der Waals surface area contributed by atoms with Crippen molar-refractivity contribution in [2.75, 3.05) is 13.1 Å². The Kier molecular flexibility index (Phi) is 5.12. The summed E-state index contributed by atoms with van der Waals surface area (Å²) < 4.78 is 5.97. The molecule has 25 heavy (non-hydrogen) atoms. The van der Waals surface area contributed by atoms with Crippen LogP contribution in [0.2, 0.25) is 0 Å². The summed E-state index contributed by atoms with van der Waals surface area (Å²) in [6, 6.07) is 5.24. The minimum atomic E-state index is 0.562. The lowest BCUT2D eigenvalue weighted by atomic mass is 9.82. The Bertz CT molecular complexity index is 674. The van der Waals surface area contributed by atoms with Gasteiger partial charge in [-0.2, -0.15) is 5.10 Å². The van der Waals surface area contributed by atoms with Crippen molar-refractivity contribution in [1.29, 1.82) is 0 Å². The summed E-state index contributed by atoms with van der Waals surface area (Å²) in [7, 11) is 0. The molecule has 4 unspecified atom stereocenters. The van der Waals surface area contributed by atoms with E-state index >= 15 is 0 Å². The van der Waals surface area contributed by atoms with Crippen molar-refractivity contribution >= 4 is 11.8 Å². The molecule has 4 rings (SSSR count). The Morgan fingerprint density at radius 1 is 1.40 bits per heavy atom. The van der Waals surface area contributed by atoms with Gasteiger partial charge in [0.05, 0.1) is 6.54 Å². The average molecular weight is 363 g/mol. The Hall–Kier alpha value is -1.35. The van der Waals surface area contributed by atoms with Crippen LogP contribution in [-0.2, 0) is 6.54 Å². The van der Waals surface area contributed by atoms with Gasteiger partial charge in [0, 0.05) is 31.1 Å². The van der Waals surface area contributed by atoms with E-state index in [2.05, 4.69) is 50.8 Å². The third kappa shape index (κ3) is 3.76. The zero-order valence-electron chi connectivity index (χ0n) is 14.7. The predicted octanol–water partition coefficient (Wildman–Crippen LogP) is 2.26. The van der Waals surface area contributed by atoms with E-state index in [-0.39, 0.29) is 0 Å². The summed E-state index contributed by atoms with van der Waals surface area (Å²) in [6.45, 7) is 7.71. The van der Waals surface area contributed by atoms with Crippen LogP contribution in [0.4, 0.5) is 0 Å². The van der Waals surface area contributed by atoms with Gasteiger partial charge in [-0.3, -0.25) is 20.9 Å². The molecule has 2 aliphatic rings. The summed E-state index contributed by atoms with van der Waals surface area (Å²) in [4.78, 5) is 6.64. The van der Waals surface area contributed by atoms with Gasteiger partial charge in [0.1, 0.15) is 12.1 Å². The van der Waals surface area contributed by atoms with Gasteiger partial charge in [-0.1, -0.05) is 20.3 Å². The van der Waals surface area contributed by atoms with E-state index in [0.29, 0.717) is 23.9 Å². The third-order valence-corrected chi connectivity index (χ3v) is 6.31. The van der Waals surface area contributed by atoms with Gasteiger partial charge < -0.3 is 4.42 Å². The number of H-pyrrole nitrogens is 1. The fourth-order valence-corrected chi connectivity index (χ4v) is 4.60. The van der Waals surface area contributed by atoms with E-state index in [9.17, 15) is 0 Å². The lowest BCUT2D eigenvalue weighted by molar-refractivity contribution is 0.127. The first-order valence-corrected chi connectivity index (χ1v) is 9.90. The number of aromatic amines is 1. The Morgan fingerprint density at radius 2 is 2.32 bits per heavy atom. The highest BCUT2D eigenvalue weighted by molar-refractivity contribution is 7.99. The molecule has 2 saturated heterocycles. The van der Waals surface area contributed by atoms with Gasteiger partial charge in [-0.25, -0.2) is 4.98 Å². The van der Waals surface area contributed by atoms with Crippen LogP contribution in [0.15, 0.2) is 33.1 Å². The molecule has 0 spiro atoms. The standard InChI is InChI=1S/C17H26N6OS/c1-3-11(2)16-13-9-23(7-6-14(13)20-21-16)8-12-4-5-15(24-12)25-17-18-10-19-22-17/h4-5,10-11,13-14,16,20-21H,3,6-9H2,1-2H3,(H,18,19,22). The van der Waals surface area contributed by atoms with Crippen LogP contribution in [0.5, 0.6) is 0 Å². The highest BCUT2D eigenvalue weighted by atomic mass is 32.2. The maximum Gasteiger partial charge on any atom is 0.191 e. The first-order valence-electron chi connectivity index (χ1n) is 9.08. The third-order valence-electron chi connectivity index (χ3n) is 5.50. The number of rotatable bonds is 6. The van der Waals surface area contributed by atoms with Crippen molar-refractivity contribution in [1.82, 2.24) is 30.9 Å². The number of likely N-dealkylation sites (tertiary alicyclic amines) is 1. The summed E-state index contributed by atoms with van der Waals surface area (Å²) in [5.41, 5.74) is 7.06. The smallest absolute Gasteiger partial charge is 0.191 e. The van der Waals surface area contributed by atoms with E-state index < -0.39 is 0 Å². The van der Waals surface area contributed by atoms with Crippen molar-refractivity contribution < 1.29 is 4.42 Å². The van der Waals surface area contributed by atoms with Crippen molar-refractivity contribution in [2.45, 2.75) is 55.6 Å². The number of nitrogens with zero attached hydrogens (tertiary/aromatic N) is 3. The van der Waals surface area contributed by atoms with Crippen molar-refractivity contribution in [3.8, 4) is 0 Å². The van der Waals surface area contributed by atoms with Gasteiger partial charge >= 0.3 is 0 Å². The summed E-state index contributed by atoms with van der Waals surface area (Å²) in [5, 5.41) is 8.30. The lowest BCUT2D eigenvalue weighted by Gasteiger charge is -2.37. The van der Waals surface area contributed by atoms with E-state index in [0.717, 1.165) is 35.6 Å². The molecule has 8 heteroatoms. The van der Waals surface area contributed by atoms with Crippen LogP contribution >= 0.6 is 11.8 Å². The van der Waals surface area contributed by atoms with E-state index in [1.54, 1.807) is 0 Å². The molecule has 0 aromatic carbocycles. The van der Waals surface area contributed by atoms with E-state index in [1.807, 2.05) is 6.07 Å². The first kappa shape index (κ1) is 17.1. The topological polar surface area (TPSA) is 82.0 Å². The highest BCUT2D eigenvalue weighted by Crippen LogP contribution is 2.31. The molecule has 0 saturated carbocycles. The monoisotopic (exact) mass is 362 g/mol. The number of furan rings is 1. The molecule has 2 aromatic heterocycles. The fourth-order valence-electron chi connectivity index (χ4n) is 3.92. The van der Waals surface area contributed by atoms with Gasteiger partial charge in [0.2, 0.25) is 0 Å². The summed E-state index contributed by atoms with van der Waals surface area (Å²) in [5.74, 6) is 2.37. The molecule has 0 amide bonds. The number of hydrogen-bond donors (Lipinski definition) is 3. The number of piperidine rings is 1. The van der Waals surface area contributed by atoms with Crippen LogP contribution in [0.1, 0.15) is 32.4 Å². The predicted molar refractivity (Wildman–Crippen MR) is 95.9 cm³/mol. The average Bonchev–Trinajstić information content (AvgIpc) is 3.36. The van der Waals surface area contributed by atoms with Crippen LogP contribution < -0.4 is 10.9 Å². The molecule has 4 heterocycles. The Balaban J connectivity index is 1.36. The van der Waals surface area contributed by atoms with Crippen LogP contribution in [0, 0.1) is 11.8 Å². The van der Waals surface area contributed by atoms with E-state index in [1.165, 1.54) is 30.9 Å². The minimum Gasteiger partial charge on any atom is -0.453 e. The lowest BCUT2D eigenvalue weighted by Crippen LogP contribution is -2.46. The second-order valence-corrected chi connectivity index (χ2v) is 8.10. The number of hydrogen-bond acceptors (Lipinski definition) is 7. The fraction of sp³-hybridized carbons (Fsp3) is 0.647. The normalized spacial score (nSPS) is 28.2. The summed E-state index contributed by atoms with van der Waals surface area (Å²) in [6.07, 6.45) is 3.90. The number of nitrogens with one attached hydrogen (secondary N) is 3. The second kappa shape index (κ2) is 7.49. The molecule has 0 aliphatic carbocycles. The molecular formula is C17H26N6OS. The summed E-state index contributed by atoms with van der Waals surface area (Å²) >= 11 is 1.47. The zero-order chi connectivity index (χ0) is 17.2. The molecule has 3 N–H and O–H groups in total. The Morgan fingerprint density at radius 3 is 3.12 bits per heavy atom. The Labute approximate surface area is 152 Å². The first-order chi connectivity index (χ1) is 12.2. The molecule has 7 nitrogen and oxygen atoms in total. The quantitative estimate of drug-likeness (QED) is 0.727. The number of hydrazine groups is 1. The van der Waals surface area contributed by atoms with Crippen LogP contribution in [0.3, 0.4) is 0 Å². The molecule has 2 aromatic rings. The molecule has 0 bridgehead atoms. The second-order valence-electron chi connectivity index (χ2n) is 7.11. The van der Waals surface area contributed by atoms with Gasteiger partial charge in [-0.15, -0.1) is 0 Å². The van der Waals surface area contributed by atoms with Crippen molar-refractivity contribution in [3.63, 3.8) is 0 Å². The van der Waals surface area contributed by atoms with Gasteiger partial charge in [-0.05, 0) is 36.2 Å². The van der Waals surface area contributed by atoms with Crippen molar-refractivity contribution in [3.05, 3.63) is 24.2 Å². The molecule has 136 valence electrons. The maximum atomic E-state index is 5.97. The maximum absolute atomic E-state index is 5.97. The molecule has 0 radical (unpaired) electrons. The molecule has 4 atom stereocenters. The number of fused-ring (bicyclic) bond motifs is 1. The van der Waals surface area contributed by atoms with Crippen LogP contribution in [-0.4, -0.2) is 45.3 Å². The molecule has 2 fully saturated rings. The molecular weight excluding hydrogens is 336 g/mol. The van der Waals surface area contributed by atoms with Gasteiger partial charge in [0.25, 0.3) is 0 Å². The minimum absolute atomic E-state index is 0.562. The SMILES string of the molecule is CCC(C)C1NNC2CCN(Cc3ccc(Sc4ncn[nH]4)o3)CC21. The van der Waals surface area contributed by atoms with Crippen LogP contribution in [0.25, 0.3) is 0 Å². The van der Waals surface area contributed by atoms with Crippen molar-refractivity contribution in [2.24, 2.45) is 11.8 Å².